The van der Waals surface area contributed by atoms with Gasteiger partial charge in [0.25, 0.3) is 5.84 Å². The normalized spacial score (nSPS) is 12.3. The van der Waals surface area contributed by atoms with Gasteiger partial charge < -0.3 is 4.74 Å². The third-order valence-electron chi connectivity index (χ3n) is 2.36. The quantitative estimate of drug-likeness (QED) is 0.402. The highest BCUT2D eigenvalue weighted by Crippen LogP contribution is 2.09. The Hall–Kier alpha value is -2.37. The summed E-state index contributed by atoms with van der Waals surface area (Å²) >= 11 is 0. The zero-order chi connectivity index (χ0) is 15.9. The monoisotopic (exact) mass is 290 g/mol. The highest BCUT2D eigenvalue weighted by atomic mass is 16.5. The van der Waals surface area contributed by atoms with Gasteiger partial charge in [-0.25, -0.2) is 9.80 Å². The lowest BCUT2D eigenvalue weighted by atomic mass is 9.99. The molecule has 21 heavy (non-hydrogen) atoms. The minimum atomic E-state index is -0.563. The summed E-state index contributed by atoms with van der Waals surface area (Å²) < 4.78 is 4.73. The second kappa shape index (κ2) is 7.42. The number of anilines is 1. The summed E-state index contributed by atoms with van der Waals surface area (Å²) in [4.78, 5) is 11.8. The number of methoxy groups -OCH3 is 1. The number of benzene rings is 1. The number of nitrogens with one attached hydrogen (secondary N) is 1. The molecule has 6 nitrogen and oxygen atoms in total. The molecule has 0 amide bonds. The maximum Gasteiger partial charge on any atom is 0.377 e. The molecule has 1 rings (SSSR count). The Labute approximate surface area is 125 Å². The van der Waals surface area contributed by atoms with E-state index in [-0.39, 0.29) is 11.3 Å². The third-order valence-corrected chi connectivity index (χ3v) is 2.36. The number of hydrogen-bond acceptors (Lipinski definition) is 5. The first-order valence-corrected chi connectivity index (χ1v) is 6.59. The Morgan fingerprint density at radius 2 is 1.90 bits per heavy atom. The maximum absolute atomic E-state index is 11.8. The van der Waals surface area contributed by atoms with Gasteiger partial charge in [-0.1, -0.05) is 39.0 Å². The van der Waals surface area contributed by atoms with Crippen LogP contribution in [0.5, 0.6) is 0 Å². The van der Waals surface area contributed by atoms with Crippen molar-refractivity contribution in [2.24, 2.45) is 15.6 Å². The molecule has 0 aliphatic carbocycles. The Morgan fingerprint density at radius 3 is 2.43 bits per heavy atom. The molecule has 0 heterocycles. The van der Waals surface area contributed by atoms with Crippen LogP contribution in [-0.4, -0.2) is 37.2 Å². The molecular weight excluding hydrogens is 268 g/mol. The van der Waals surface area contributed by atoms with Gasteiger partial charge in [0.2, 0.25) is 0 Å². The summed E-state index contributed by atoms with van der Waals surface area (Å²) in [5.41, 5.74) is 3.49. The van der Waals surface area contributed by atoms with Crippen molar-refractivity contribution in [3.63, 3.8) is 0 Å². The van der Waals surface area contributed by atoms with E-state index in [0.29, 0.717) is 0 Å². The molecule has 0 unspecified atom stereocenters. The summed E-state index contributed by atoms with van der Waals surface area (Å²) in [6, 6.07) is 9.33. The van der Waals surface area contributed by atoms with Gasteiger partial charge in [-0.15, -0.1) is 5.10 Å². The van der Waals surface area contributed by atoms with Crippen LogP contribution in [0.4, 0.5) is 5.69 Å². The van der Waals surface area contributed by atoms with Gasteiger partial charge in [0.15, 0.2) is 0 Å². The summed E-state index contributed by atoms with van der Waals surface area (Å²) in [5, 5.41) is 9.67. The summed E-state index contributed by atoms with van der Waals surface area (Å²) in [6.45, 7) is 6.05. The van der Waals surface area contributed by atoms with Crippen LogP contribution in [0.3, 0.4) is 0 Å². The molecule has 0 bridgehead atoms. The highest BCUT2D eigenvalue weighted by molar-refractivity contribution is 6.35. The number of carbonyl (C=O) groups excluding carboxylic acids is 1. The molecular formula is C15H22N4O2. The molecule has 6 heteroatoms. The lowest BCUT2D eigenvalue weighted by molar-refractivity contribution is -0.133. The Balaban J connectivity index is 2.90. The second-order valence-corrected chi connectivity index (χ2v) is 5.54. The number of hydrogen-bond donors (Lipinski definition) is 1. The zero-order valence-electron chi connectivity index (χ0n) is 13.1. The first-order valence-electron chi connectivity index (χ1n) is 6.59. The summed E-state index contributed by atoms with van der Waals surface area (Å²) in [6.07, 6.45) is 1.74. The van der Waals surface area contributed by atoms with Crippen molar-refractivity contribution in [1.29, 1.82) is 0 Å². The molecule has 0 aliphatic heterocycles. The fourth-order valence-corrected chi connectivity index (χ4v) is 1.29. The molecule has 114 valence electrons. The topological polar surface area (TPSA) is 66.3 Å². The molecule has 0 aliphatic rings. The van der Waals surface area contributed by atoms with E-state index in [1.807, 2.05) is 51.1 Å². The van der Waals surface area contributed by atoms with Crippen LogP contribution < -0.4 is 5.43 Å². The van der Waals surface area contributed by atoms with Gasteiger partial charge >= 0.3 is 5.97 Å². The summed E-state index contributed by atoms with van der Waals surface area (Å²) in [7, 11) is 2.95. The molecule has 0 spiro atoms. The van der Waals surface area contributed by atoms with Crippen LogP contribution in [-0.2, 0) is 9.53 Å². The van der Waals surface area contributed by atoms with E-state index in [1.54, 1.807) is 13.3 Å². The van der Waals surface area contributed by atoms with Gasteiger partial charge in [0.05, 0.1) is 12.8 Å². The number of nitrogens with zero attached hydrogens (tertiary/aromatic N) is 3. The van der Waals surface area contributed by atoms with Crippen LogP contribution in [0.2, 0.25) is 0 Å². The smallest absolute Gasteiger partial charge is 0.377 e. The average Bonchev–Trinajstić information content (AvgIpc) is 2.45. The van der Waals surface area contributed by atoms with Crippen LogP contribution in [0, 0.1) is 5.41 Å². The lowest BCUT2D eigenvalue weighted by Gasteiger charge is -2.17. The Bertz CT molecular complexity index is 518. The number of rotatable bonds is 3. The molecule has 0 fully saturated rings. The van der Waals surface area contributed by atoms with E-state index >= 15 is 0 Å². The summed E-state index contributed by atoms with van der Waals surface area (Å²) in [5.74, 6) is -0.492. The average molecular weight is 290 g/mol. The van der Waals surface area contributed by atoms with Gasteiger partial charge in [0.1, 0.15) is 0 Å². The van der Waals surface area contributed by atoms with Gasteiger partial charge in [-0.2, -0.15) is 5.10 Å². The molecule has 0 radical (unpaired) electrons. The third kappa shape index (κ3) is 6.07. The minimum Gasteiger partial charge on any atom is -0.463 e. The highest BCUT2D eigenvalue weighted by Gasteiger charge is 2.17. The predicted octanol–water partition coefficient (Wildman–Crippen LogP) is 2.55. The largest absolute Gasteiger partial charge is 0.463 e. The van der Waals surface area contributed by atoms with Crippen molar-refractivity contribution in [3.8, 4) is 0 Å². The van der Waals surface area contributed by atoms with E-state index in [1.165, 1.54) is 12.1 Å². The van der Waals surface area contributed by atoms with Crippen LogP contribution in [0.25, 0.3) is 0 Å². The number of carbonyl (C=O) groups is 1. The van der Waals surface area contributed by atoms with Crippen LogP contribution in [0.1, 0.15) is 20.8 Å². The second-order valence-electron chi connectivity index (χ2n) is 5.54. The number of esters is 1. The minimum absolute atomic E-state index is 0.0712. The van der Waals surface area contributed by atoms with E-state index < -0.39 is 5.97 Å². The Morgan fingerprint density at radius 1 is 1.29 bits per heavy atom. The van der Waals surface area contributed by atoms with Crippen molar-refractivity contribution < 1.29 is 9.53 Å². The maximum atomic E-state index is 11.8. The molecule has 0 saturated heterocycles. The number of hydrazone groups is 2. The van der Waals surface area contributed by atoms with Crippen molar-refractivity contribution in [3.05, 3.63) is 30.3 Å². The zero-order valence-corrected chi connectivity index (χ0v) is 13.1. The number of amidine groups is 1. The molecule has 1 aromatic rings. The van der Waals surface area contributed by atoms with Crippen molar-refractivity contribution in [2.75, 3.05) is 19.6 Å². The van der Waals surface area contributed by atoms with Crippen molar-refractivity contribution in [1.82, 2.24) is 5.01 Å². The van der Waals surface area contributed by atoms with Gasteiger partial charge in [-0.3, -0.25) is 5.43 Å². The van der Waals surface area contributed by atoms with Gasteiger partial charge in [-0.05, 0) is 17.5 Å². The molecule has 0 saturated carbocycles. The van der Waals surface area contributed by atoms with Crippen molar-refractivity contribution >= 4 is 23.7 Å². The first-order chi connectivity index (χ1) is 9.83. The molecule has 0 aromatic heterocycles. The standard InChI is InChI=1S/C15H22N4O2/c1-15(2,3)11-16-19(4)13(14(20)21-5)18-17-12-9-7-6-8-10-12/h6-11,17H,1-5H3/b16-11+,18-13-. The van der Waals surface area contributed by atoms with E-state index in [2.05, 4.69) is 15.6 Å². The fourth-order valence-electron chi connectivity index (χ4n) is 1.29. The van der Waals surface area contributed by atoms with Crippen molar-refractivity contribution in [2.45, 2.75) is 20.8 Å². The van der Waals surface area contributed by atoms with E-state index in [9.17, 15) is 4.79 Å². The number of likely N-dealkylation sites (N-methyl/N-ethyl adjacent to an activating group) is 1. The molecule has 1 N–H and O–H groups in total. The van der Waals surface area contributed by atoms with Crippen LogP contribution >= 0.6 is 0 Å². The SMILES string of the molecule is COC(=O)/C(=N/Nc1ccccc1)N(C)/N=C/C(C)(C)C. The predicted molar refractivity (Wildman–Crippen MR) is 85.2 cm³/mol. The van der Waals surface area contributed by atoms with Gasteiger partial charge in [0, 0.05) is 13.3 Å². The lowest BCUT2D eigenvalue weighted by Crippen LogP contribution is -2.32. The van der Waals surface area contributed by atoms with E-state index in [0.717, 1.165) is 5.69 Å². The Kier molecular flexibility index (Phi) is 5.90. The van der Waals surface area contributed by atoms with Crippen LogP contribution in [0.15, 0.2) is 40.5 Å². The molecule has 0 atom stereocenters. The fraction of sp³-hybridized carbons (Fsp3) is 0.400. The molecule has 1 aromatic carbocycles. The number of para-hydroxylation sites is 1. The van der Waals surface area contributed by atoms with E-state index in [4.69, 9.17) is 4.74 Å². The first kappa shape index (κ1) is 16.7. The number of ether oxygens (including phenoxy) is 1.